The van der Waals surface area contributed by atoms with Crippen molar-refractivity contribution in [3.8, 4) is 0 Å². The first-order chi connectivity index (χ1) is 10.5. The van der Waals surface area contributed by atoms with Crippen LogP contribution in [0, 0.1) is 18.6 Å². The van der Waals surface area contributed by atoms with Crippen LogP contribution < -0.4 is 0 Å². The molecule has 2 unspecified atom stereocenters. The highest BCUT2D eigenvalue weighted by Crippen LogP contribution is 2.35. The van der Waals surface area contributed by atoms with E-state index in [0.29, 0.717) is 5.76 Å². The SMILES string of the molecule is Cc1ccc(C(=O)N2CC(O)CC2c2cc(F)ccc2F)o1. The summed E-state index contributed by atoms with van der Waals surface area (Å²) in [5, 5.41) is 9.85. The molecular formula is C16H15F2NO3. The minimum atomic E-state index is -0.785. The molecule has 0 radical (unpaired) electrons. The van der Waals surface area contributed by atoms with Crippen molar-refractivity contribution in [1.29, 1.82) is 0 Å². The highest BCUT2D eigenvalue weighted by molar-refractivity contribution is 5.92. The maximum atomic E-state index is 14.0. The standard InChI is InChI=1S/C16H15F2NO3/c1-9-2-5-15(22-9)16(21)19-8-11(20)7-14(19)12-6-10(17)3-4-13(12)18/h2-6,11,14,20H,7-8H2,1H3. The molecule has 1 aromatic carbocycles. The third-order valence-electron chi connectivity index (χ3n) is 3.81. The van der Waals surface area contributed by atoms with E-state index in [1.807, 2.05) is 0 Å². The smallest absolute Gasteiger partial charge is 0.290 e. The van der Waals surface area contributed by atoms with Gasteiger partial charge in [-0.2, -0.15) is 0 Å². The number of nitrogens with zero attached hydrogens (tertiary/aromatic N) is 1. The van der Waals surface area contributed by atoms with Gasteiger partial charge in [0.25, 0.3) is 5.91 Å². The molecule has 1 aliphatic heterocycles. The Kier molecular flexibility index (Phi) is 3.70. The van der Waals surface area contributed by atoms with Crippen LogP contribution in [0.4, 0.5) is 8.78 Å². The van der Waals surface area contributed by atoms with Gasteiger partial charge >= 0.3 is 0 Å². The molecule has 2 atom stereocenters. The number of carbonyl (C=O) groups excluding carboxylic acids is 1. The normalized spacial score (nSPS) is 21.4. The molecule has 1 amide bonds. The van der Waals surface area contributed by atoms with Crippen molar-refractivity contribution < 1.29 is 23.1 Å². The van der Waals surface area contributed by atoms with Gasteiger partial charge in [-0.05, 0) is 43.7 Å². The summed E-state index contributed by atoms with van der Waals surface area (Å²) in [4.78, 5) is 13.8. The van der Waals surface area contributed by atoms with Crippen molar-refractivity contribution in [2.24, 2.45) is 0 Å². The zero-order valence-electron chi connectivity index (χ0n) is 11.9. The molecule has 6 heteroatoms. The molecular weight excluding hydrogens is 292 g/mol. The largest absolute Gasteiger partial charge is 0.456 e. The summed E-state index contributed by atoms with van der Waals surface area (Å²) >= 11 is 0. The summed E-state index contributed by atoms with van der Waals surface area (Å²) < 4.78 is 32.7. The molecule has 1 N–H and O–H groups in total. The average molecular weight is 307 g/mol. The fourth-order valence-corrected chi connectivity index (χ4v) is 2.79. The summed E-state index contributed by atoms with van der Waals surface area (Å²) in [7, 11) is 0. The Balaban J connectivity index is 1.95. The van der Waals surface area contributed by atoms with Crippen LogP contribution in [0.1, 0.15) is 34.3 Å². The monoisotopic (exact) mass is 307 g/mol. The van der Waals surface area contributed by atoms with Gasteiger partial charge in [-0.15, -0.1) is 0 Å². The molecule has 0 spiro atoms. The number of hydrogen-bond acceptors (Lipinski definition) is 3. The van der Waals surface area contributed by atoms with Crippen LogP contribution >= 0.6 is 0 Å². The fourth-order valence-electron chi connectivity index (χ4n) is 2.79. The van der Waals surface area contributed by atoms with Gasteiger partial charge in [0.2, 0.25) is 0 Å². The number of β-amino-alcohol motifs (C(OH)–C–C–N with tert-alkyl or cyclic N) is 1. The van der Waals surface area contributed by atoms with Crippen molar-refractivity contribution >= 4 is 5.91 Å². The second-order valence-corrected chi connectivity index (χ2v) is 5.44. The van der Waals surface area contributed by atoms with Crippen molar-refractivity contribution in [3.05, 3.63) is 59.1 Å². The van der Waals surface area contributed by atoms with Gasteiger partial charge in [0.05, 0.1) is 12.1 Å². The number of carbonyl (C=O) groups is 1. The van der Waals surface area contributed by atoms with Crippen LogP contribution in [0.5, 0.6) is 0 Å². The van der Waals surface area contributed by atoms with E-state index in [4.69, 9.17) is 4.42 Å². The molecule has 2 aromatic rings. The lowest BCUT2D eigenvalue weighted by molar-refractivity contribution is 0.0680. The van der Waals surface area contributed by atoms with Crippen molar-refractivity contribution in [2.75, 3.05) is 6.54 Å². The molecule has 4 nitrogen and oxygen atoms in total. The Hall–Kier alpha value is -2.21. The number of rotatable bonds is 2. The van der Waals surface area contributed by atoms with E-state index in [0.717, 1.165) is 18.2 Å². The Morgan fingerprint density at radius 1 is 1.32 bits per heavy atom. The molecule has 1 aromatic heterocycles. The van der Waals surface area contributed by atoms with Gasteiger partial charge in [-0.3, -0.25) is 4.79 Å². The second kappa shape index (κ2) is 5.53. The van der Waals surface area contributed by atoms with Crippen LogP contribution in [0.25, 0.3) is 0 Å². The number of amides is 1. The van der Waals surface area contributed by atoms with Crippen LogP contribution in [0.15, 0.2) is 34.7 Å². The third-order valence-corrected chi connectivity index (χ3v) is 3.81. The Labute approximate surface area is 126 Å². The number of halogens is 2. The van der Waals surface area contributed by atoms with Gasteiger partial charge in [-0.1, -0.05) is 0 Å². The molecule has 116 valence electrons. The van der Waals surface area contributed by atoms with Crippen LogP contribution in [-0.4, -0.2) is 28.6 Å². The minimum Gasteiger partial charge on any atom is -0.456 e. The molecule has 3 rings (SSSR count). The second-order valence-electron chi connectivity index (χ2n) is 5.44. The predicted octanol–water partition coefficient (Wildman–Crippen LogP) is 2.81. The Bertz CT molecular complexity index is 713. The van der Waals surface area contributed by atoms with Gasteiger partial charge in [-0.25, -0.2) is 8.78 Å². The lowest BCUT2D eigenvalue weighted by atomic mass is 10.0. The third kappa shape index (κ3) is 2.62. The molecule has 1 aliphatic rings. The highest BCUT2D eigenvalue weighted by atomic mass is 19.1. The number of aliphatic hydroxyl groups excluding tert-OH is 1. The fraction of sp³-hybridized carbons (Fsp3) is 0.312. The quantitative estimate of drug-likeness (QED) is 0.928. The molecule has 0 saturated carbocycles. The predicted molar refractivity (Wildman–Crippen MR) is 74.2 cm³/mol. The van der Waals surface area contributed by atoms with Crippen molar-refractivity contribution in [3.63, 3.8) is 0 Å². The van der Waals surface area contributed by atoms with Crippen LogP contribution in [0.3, 0.4) is 0 Å². The van der Waals surface area contributed by atoms with E-state index in [1.54, 1.807) is 13.0 Å². The van der Waals surface area contributed by atoms with Gasteiger partial charge in [0.1, 0.15) is 17.4 Å². The van der Waals surface area contributed by atoms with E-state index in [9.17, 15) is 18.7 Å². The topological polar surface area (TPSA) is 53.7 Å². The van der Waals surface area contributed by atoms with Crippen molar-refractivity contribution in [2.45, 2.75) is 25.5 Å². The number of furan rings is 1. The van der Waals surface area contributed by atoms with E-state index >= 15 is 0 Å². The van der Waals surface area contributed by atoms with E-state index in [-0.39, 0.29) is 24.3 Å². The number of likely N-dealkylation sites (tertiary alicyclic amines) is 1. The number of aliphatic hydroxyl groups is 1. The number of hydrogen-bond donors (Lipinski definition) is 1. The molecule has 1 saturated heterocycles. The summed E-state index contributed by atoms with van der Waals surface area (Å²) in [5.41, 5.74) is 0.0631. The number of aryl methyl sites for hydroxylation is 1. The lowest BCUT2D eigenvalue weighted by Crippen LogP contribution is -2.32. The zero-order chi connectivity index (χ0) is 15.9. The van der Waals surface area contributed by atoms with Crippen molar-refractivity contribution in [1.82, 2.24) is 4.90 Å². The van der Waals surface area contributed by atoms with Gasteiger partial charge in [0.15, 0.2) is 5.76 Å². The Morgan fingerprint density at radius 3 is 2.77 bits per heavy atom. The van der Waals surface area contributed by atoms with Crippen LogP contribution in [-0.2, 0) is 0 Å². The zero-order valence-corrected chi connectivity index (χ0v) is 11.9. The van der Waals surface area contributed by atoms with Gasteiger partial charge < -0.3 is 14.4 Å². The summed E-state index contributed by atoms with van der Waals surface area (Å²) in [5.74, 6) is -0.934. The first kappa shape index (κ1) is 14.7. The van der Waals surface area contributed by atoms with E-state index in [2.05, 4.69) is 0 Å². The molecule has 1 fully saturated rings. The average Bonchev–Trinajstić information content (AvgIpc) is 3.07. The molecule has 22 heavy (non-hydrogen) atoms. The molecule has 0 aliphatic carbocycles. The minimum absolute atomic E-state index is 0.0548. The first-order valence-electron chi connectivity index (χ1n) is 6.96. The summed E-state index contributed by atoms with van der Waals surface area (Å²) in [6, 6.07) is 5.56. The van der Waals surface area contributed by atoms with E-state index in [1.165, 1.54) is 11.0 Å². The molecule has 2 heterocycles. The van der Waals surface area contributed by atoms with Gasteiger partial charge in [0, 0.05) is 12.1 Å². The van der Waals surface area contributed by atoms with E-state index < -0.39 is 29.7 Å². The highest BCUT2D eigenvalue weighted by Gasteiger charge is 2.38. The summed E-state index contributed by atoms with van der Waals surface area (Å²) in [6.45, 7) is 1.76. The lowest BCUT2D eigenvalue weighted by Gasteiger charge is -2.24. The number of benzene rings is 1. The van der Waals surface area contributed by atoms with Crippen LogP contribution in [0.2, 0.25) is 0 Å². The molecule has 0 bridgehead atoms. The maximum Gasteiger partial charge on any atom is 0.290 e. The first-order valence-corrected chi connectivity index (χ1v) is 6.96. The maximum absolute atomic E-state index is 14.0. The summed E-state index contributed by atoms with van der Waals surface area (Å²) in [6.07, 6.45) is -0.626. The Morgan fingerprint density at radius 2 is 2.09 bits per heavy atom.